The minimum Gasteiger partial charge on any atom is -1.00 e. The maximum absolute atomic E-state index is 10.9. The smallest absolute Gasteiger partial charge is 1.00 e. The number of hydrogen-bond donors (Lipinski definition) is 1. The Morgan fingerprint density at radius 1 is 1.21 bits per heavy atom. The van der Waals surface area contributed by atoms with Gasteiger partial charge in [-0.3, -0.25) is 4.55 Å². The predicted molar refractivity (Wildman–Crippen MR) is 51.6 cm³/mol. The van der Waals surface area contributed by atoms with Crippen LogP contribution in [-0.4, -0.2) is 13.0 Å². The van der Waals surface area contributed by atoms with E-state index in [4.69, 9.17) is 4.55 Å². The monoisotopic (exact) mass is 224 g/mol. The van der Waals surface area contributed by atoms with Crippen LogP contribution in [0, 0.1) is 20.8 Å². The van der Waals surface area contributed by atoms with Crippen LogP contribution in [0.3, 0.4) is 0 Å². The second-order valence-electron chi connectivity index (χ2n) is 3.18. The summed E-state index contributed by atoms with van der Waals surface area (Å²) in [6.45, 7) is 5.29. The van der Waals surface area contributed by atoms with Crippen molar-refractivity contribution >= 4 is 10.1 Å². The zero-order chi connectivity index (χ0) is 10.2. The first-order valence-electron chi connectivity index (χ1n) is 3.87. The third-order valence-electron chi connectivity index (χ3n) is 2.04. The normalized spacial score (nSPS) is 10.9. The maximum atomic E-state index is 10.9. The molecule has 5 heteroatoms. The first kappa shape index (κ1) is 14.1. The molecule has 0 amide bonds. The third kappa shape index (κ3) is 3.07. The van der Waals surface area contributed by atoms with Crippen molar-refractivity contribution in [3.63, 3.8) is 0 Å². The summed E-state index contributed by atoms with van der Waals surface area (Å²) in [7, 11) is -4.08. The summed E-state index contributed by atoms with van der Waals surface area (Å²) in [5, 5.41) is 0. The molecule has 0 aliphatic heterocycles. The molecule has 3 nitrogen and oxygen atoms in total. The van der Waals surface area contributed by atoms with Crippen LogP contribution in [0.5, 0.6) is 0 Å². The molecule has 0 spiro atoms. The average Bonchev–Trinajstić information content (AvgIpc) is 1.94. The van der Waals surface area contributed by atoms with E-state index in [1.807, 2.05) is 13.0 Å². The fourth-order valence-corrected chi connectivity index (χ4v) is 2.15. The van der Waals surface area contributed by atoms with E-state index in [2.05, 4.69) is 0 Å². The van der Waals surface area contributed by atoms with Crippen molar-refractivity contribution in [2.75, 3.05) is 0 Å². The van der Waals surface area contributed by atoms with Gasteiger partial charge in [0.25, 0.3) is 10.1 Å². The summed E-state index contributed by atoms with van der Waals surface area (Å²) in [5.74, 6) is 0. The number of benzene rings is 1. The van der Waals surface area contributed by atoms with Gasteiger partial charge in [0.15, 0.2) is 0 Å². The van der Waals surface area contributed by atoms with E-state index in [0.717, 1.165) is 11.1 Å². The van der Waals surface area contributed by atoms with E-state index >= 15 is 0 Å². The van der Waals surface area contributed by atoms with Gasteiger partial charge in [0.2, 0.25) is 0 Å². The van der Waals surface area contributed by atoms with Crippen molar-refractivity contribution < 1.29 is 44.0 Å². The first-order chi connectivity index (χ1) is 5.82. The van der Waals surface area contributed by atoms with Crippen molar-refractivity contribution in [3.05, 3.63) is 28.8 Å². The maximum Gasteiger partial charge on any atom is 1.00 e. The van der Waals surface area contributed by atoms with Crippen LogP contribution in [0.15, 0.2) is 17.0 Å². The van der Waals surface area contributed by atoms with Gasteiger partial charge in [0.05, 0.1) is 4.90 Å². The van der Waals surface area contributed by atoms with Crippen LogP contribution in [0.1, 0.15) is 18.1 Å². The standard InChI is InChI=1S/C9H12O3S.Na.H/c1-6-4-7(2)8(3)9(5-6)13(10,11)12;;/h4-5H,1-3H3,(H,10,11,12);;/q;+1;-1. The van der Waals surface area contributed by atoms with Crippen LogP contribution in [0.25, 0.3) is 0 Å². The molecule has 0 bridgehead atoms. The Morgan fingerprint density at radius 3 is 2.14 bits per heavy atom. The van der Waals surface area contributed by atoms with Gasteiger partial charge in [-0.05, 0) is 43.5 Å². The fourth-order valence-electron chi connectivity index (χ4n) is 1.27. The molecule has 0 fully saturated rings. The molecule has 1 aromatic rings. The Balaban J connectivity index is 0. The Morgan fingerprint density at radius 2 is 1.71 bits per heavy atom. The molecule has 0 radical (unpaired) electrons. The summed E-state index contributed by atoms with van der Waals surface area (Å²) < 4.78 is 30.7. The molecular formula is C9H13NaO3S. The van der Waals surface area contributed by atoms with Crippen molar-refractivity contribution in [2.24, 2.45) is 0 Å². The van der Waals surface area contributed by atoms with Gasteiger partial charge in [-0.15, -0.1) is 0 Å². The molecule has 1 aromatic carbocycles. The summed E-state index contributed by atoms with van der Waals surface area (Å²) in [6.07, 6.45) is 0. The summed E-state index contributed by atoms with van der Waals surface area (Å²) >= 11 is 0. The summed E-state index contributed by atoms with van der Waals surface area (Å²) in [6, 6.07) is 3.35. The molecule has 74 valence electrons. The van der Waals surface area contributed by atoms with Gasteiger partial charge >= 0.3 is 29.6 Å². The average molecular weight is 224 g/mol. The molecule has 0 aromatic heterocycles. The third-order valence-corrected chi connectivity index (χ3v) is 3.02. The number of rotatable bonds is 1. The summed E-state index contributed by atoms with van der Waals surface area (Å²) in [4.78, 5) is 0.00463. The van der Waals surface area contributed by atoms with Crippen LogP contribution in [-0.2, 0) is 10.1 Å². The molecule has 0 aliphatic rings. The second-order valence-corrected chi connectivity index (χ2v) is 4.57. The van der Waals surface area contributed by atoms with Crippen LogP contribution >= 0.6 is 0 Å². The van der Waals surface area contributed by atoms with E-state index < -0.39 is 10.1 Å². The van der Waals surface area contributed by atoms with Crippen molar-refractivity contribution in [1.29, 1.82) is 0 Å². The zero-order valence-electron chi connectivity index (χ0n) is 9.83. The van der Waals surface area contributed by atoms with Gasteiger partial charge in [0.1, 0.15) is 0 Å². The minimum absolute atomic E-state index is 0. The van der Waals surface area contributed by atoms with Gasteiger partial charge in [-0.2, -0.15) is 8.42 Å². The minimum atomic E-state index is -4.08. The van der Waals surface area contributed by atoms with Gasteiger partial charge in [-0.25, -0.2) is 0 Å². The zero-order valence-corrected chi connectivity index (χ0v) is 11.6. The second kappa shape index (κ2) is 4.77. The summed E-state index contributed by atoms with van der Waals surface area (Å²) in [5.41, 5.74) is 2.30. The van der Waals surface area contributed by atoms with E-state index in [1.54, 1.807) is 13.8 Å². The molecule has 0 unspecified atom stereocenters. The number of aryl methyl sites for hydroxylation is 2. The van der Waals surface area contributed by atoms with Crippen molar-refractivity contribution in [1.82, 2.24) is 0 Å². The van der Waals surface area contributed by atoms with Crippen LogP contribution < -0.4 is 29.6 Å². The molecule has 1 N–H and O–H groups in total. The van der Waals surface area contributed by atoms with E-state index in [9.17, 15) is 8.42 Å². The molecule has 1 rings (SSSR count). The SMILES string of the molecule is Cc1cc(C)c(C)c(S(=O)(=O)O)c1.[H-].[Na+]. The molecule has 0 saturated carbocycles. The van der Waals surface area contributed by atoms with E-state index in [0.29, 0.717) is 5.56 Å². The quantitative estimate of drug-likeness (QED) is 0.490. The van der Waals surface area contributed by atoms with E-state index in [-0.39, 0.29) is 35.9 Å². The first-order valence-corrected chi connectivity index (χ1v) is 5.31. The van der Waals surface area contributed by atoms with Crippen molar-refractivity contribution in [2.45, 2.75) is 25.7 Å². The molecular weight excluding hydrogens is 211 g/mol. The predicted octanol–water partition coefficient (Wildman–Crippen LogP) is -1.02. The molecule has 14 heavy (non-hydrogen) atoms. The number of hydrogen-bond acceptors (Lipinski definition) is 2. The molecule has 0 aliphatic carbocycles. The Kier molecular flexibility index (Phi) is 4.81. The van der Waals surface area contributed by atoms with Crippen LogP contribution in [0.4, 0.5) is 0 Å². The molecule has 0 heterocycles. The largest absolute Gasteiger partial charge is 1.00 e. The van der Waals surface area contributed by atoms with E-state index in [1.165, 1.54) is 6.07 Å². The Labute approximate surface area is 108 Å². The van der Waals surface area contributed by atoms with Gasteiger partial charge < -0.3 is 1.43 Å². The fraction of sp³-hybridized carbons (Fsp3) is 0.333. The van der Waals surface area contributed by atoms with Crippen LogP contribution in [0.2, 0.25) is 0 Å². The molecule has 0 atom stereocenters. The van der Waals surface area contributed by atoms with Crippen molar-refractivity contribution in [3.8, 4) is 0 Å². The van der Waals surface area contributed by atoms with Gasteiger partial charge in [-0.1, -0.05) is 6.07 Å². The Bertz CT molecular complexity index is 443. The molecule has 0 saturated heterocycles. The Hall–Kier alpha value is 0.130. The topological polar surface area (TPSA) is 54.4 Å². The van der Waals surface area contributed by atoms with Gasteiger partial charge in [0, 0.05) is 0 Å².